The maximum absolute atomic E-state index is 13.7. The lowest BCUT2D eigenvalue weighted by Gasteiger charge is -2.36. The maximum atomic E-state index is 13.7. The van der Waals surface area contributed by atoms with Crippen LogP contribution in [0.5, 0.6) is 0 Å². The van der Waals surface area contributed by atoms with Crippen LogP contribution in [0.15, 0.2) is 28.0 Å². The zero-order chi connectivity index (χ0) is 25.3. The van der Waals surface area contributed by atoms with E-state index in [0.717, 1.165) is 23.7 Å². The Morgan fingerprint density at radius 2 is 2.14 bits per heavy atom. The second-order valence-corrected chi connectivity index (χ2v) is 9.83. The van der Waals surface area contributed by atoms with Crippen molar-refractivity contribution in [2.24, 2.45) is 0 Å². The number of fused-ring (bicyclic) bond motifs is 1. The van der Waals surface area contributed by atoms with E-state index >= 15 is 0 Å². The highest BCUT2D eigenvalue weighted by Crippen LogP contribution is 2.34. The number of piperazine rings is 1. The number of hydrogen-bond acceptors (Lipinski definition) is 9. The van der Waals surface area contributed by atoms with Crippen LogP contribution in [0.2, 0.25) is 0 Å². The van der Waals surface area contributed by atoms with Gasteiger partial charge >= 0.3 is 5.97 Å². The first-order chi connectivity index (χ1) is 16.8. The first-order valence-electron chi connectivity index (χ1n) is 11.1. The van der Waals surface area contributed by atoms with Crippen molar-refractivity contribution in [2.75, 3.05) is 31.6 Å². The number of aromatic nitrogens is 2. The van der Waals surface area contributed by atoms with Crippen LogP contribution in [0.4, 0.5) is 5.82 Å². The number of ether oxygens (including phenoxy) is 1. The van der Waals surface area contributed by atoms with Crippen molar-refractivity contribution in [3.8, 4) is 0 Å². The first kappa shape index (κ1) is 24.9. The standard InChI is InChI=1S/C23H25N5O5S2/c1-4-8-28-22(32)16(35-23(28)34)11-14-19(25-18-13(2)6-5-9-27(18)21(14)31)26-10-7-24-20(30)15(26)12-17(29)33-3/h5-6,9,11,15H,4,7-8,10,12H2,1-3H3,(H,24,30)/b16-11-/t15-/m1/s1. The molecular weight excluding hydrogens is 490 g/mol. The van der Waals surface area contributed by atoms with Gasteiger partial charge in [0.1, 0.15) is 21.8 Å². The molecule has 10 nitrogen and oxygen atoms in total. The summed E-state index contributed by atoms with van der Waals surface area (Å²) in [5, 5.41) is 2.75. The summed E-state index contributed by atoms with van der Waals surface area (Å²) >= 11 is 6.50. The minimum Gasteiger partial charge on any atom is -0.469 e. The third-order valence-corrected chi connectivity index (χ3v) is 7.23. The van der Waals surface area contributed by atoms with Crippen LogP contribution < -0.4 is 15.8 Å². The van der Waals surface area contributed by atoms with E-state index in [1.807, 2.05) is 19.9 Å². The monoisotopic (exact) mass is 515 g/mol. The zero-order valence-corrected chi connectivity index (χ0v) is 21.2. The van der Waals surface area contributed by atoms with E-state index in [2.05, 4.69) is 5.32 Å². The van der Waals surface area contributed by atoms with Gasteiger partial charge in [-0.1, -0.05) is 37.0 Å². The molecule has 0 aromatic carbocycles. The first-order valence-corrected chi connectivity index (χ1v) is 12.4. The second kappa shape index (κ2) is 10.2. The number of methoxy groups -OCH3 is 1. The number of carbonyl (C=O) groups excluding carboxylic acids is 3. The van der Waals surface area contributed by atoms with Gasteiger partial charge in [0.2, 0.25) is 5.91 Å². The molecule has 2 amide bonds. The molecule has 0 aliphatic carbocycles. The van der Waals surface area contributed by atoms with Gasteiger partial charge in [-0.25, -0.2) is 4.98 Å². The van der Waals surface area contributed by atoms with Crippen LogP contribution >= 0.6 is 24.0 Å². The van der Waals surface area contributed by atoms with Crippen LogP contribution in [-0.4, -0.2) is 69.2 Å². The van der Waals surface area contributed by atoms with Crippen molar-refractivity contribution in [3.05, 3.63) is 44.7 Å². The Morgan fingerprint density at radius 3 is 2.86 bits per heavy atom. The van der Waals surface area contributed by atoms with E-state index in [1.165, 1.54) is 22.5 Å². The maximum Gasteiger partial charge on any atom is 0.308 e. The predicted molar refractivity (Wildman–Crippen MR) is 137 cm³/mol. The van der Waals surface area contributed by atoms with Crippen LogP contribution in [-0.2, 0) is 19.1 Å². The Bertz CT molecular complexity index is 1320. The molecule has 4 heterocycles. The molecular formula is C23H25N5O5S2. The number of rotatable bonds is 6. The van der Waals surface area contributed by atoms with E-state index in [0.29, 0.717) is 34.5 Å². The number of thioether (sulfide) groups is 1. The number of esters is 1. The Morgan fingerprint density at radius 1 is 1.37 bits per heavy atom. The summed E-state index contributed by atoms with van der Waals surface area (Å²) in [6, 6.07) is 2.65. The lowest BCUT2D eigenvalue weighted by Crippen LogP contribution is -2.57. The predicted octanol–water partition coefficient (Wildman–Crippen LogP) is 1.48. The van der Waals surface area contributed by atoms with Crippen molar-refractivity contribution in [1.82, 2.24) is 19.6 Å². The van der Waals surface area contributed by atoms with Crippen LogP contribution in [0.3, 0.4) is 0 Å². The Balaban J connectivity index is 1.92. The fourth-order valence-electron chi connectivity index (χ4n) is 4.11. The van der Waals surface area contributed by atoms with E-state index in [-0.39, 0.29) is 29.6 Å². The van der Waals surface area contributed by atoms with Crippen LogP contribution in [0.25, 0.3) is 11.7 Å². The normalized spacial score (nSPS) is 19.6. The third-order valence-electron chi connectivity index (χ3n) is 5.85. The zero-order valence-electron chi connectivity index (χ0n) is 19.6. The molecule has 2 aromatic heterocycles. The molecule has 1 N–H and O–H groups in total. The molecule has 2 aliphatic heterocycles. The van der Waals surface area contributed by atoms with Crippen molar-refractivity contribution >= 4 is 63.6 Å². The number of anilines is 1. The molecule has 2 saturated heterocycles. The molecule has 0 bridgehead atoms. The number of aryl methyl sites for hydroxylation is 1. The van der Waals surface area contributed by atoms with Gasteiger partial charge in [0.15, 0.2) is 0 Å². The molecule has 2 aliphatic rings. The summed E-state index contributed by atoms with van der Waals surface area (Å²) in [7, 11) is 1.25. The minimum absolute atomic E-state index is 0.148. The lowest BCUT2D eigenvalue weighted by atomic mass is 10.1. The number of hydrogen-bond donors (Lipinski definition) is 1. The van der Waals surface area contributed by atoms with Crippen molar-refractivity contribution in [2.45, 2.75) is 32.7 Å². The number of nitrogens with one attached hydrogen (secondary N) is 1. The molecule has 35 heavy (non-hydrogen) atoms. The molecule has 4 rings (SSSR count). The Labute approximate surface area is 211 Å². The SMILES string of the molecule is CCCN1C(=O)/C(=C/c2c(N3CCNC(=O)[C@H]3CC(=O)OC)nc3c(C)cccn3c2=O)SC1=S. The van der Waals surface area contributed by atoms with Crippen molar-refractivity contribution in [3.63, 3.8) is 0 Å². The van der Waals surface area contributed by atoms with Gasteiger partial charge in [0.25, 0.3) is 11.5 Å². The number of pyridine rings is 1. The van der Waals surface area contributed by atoms with Gasteiger partial charge in [-0.3, -0.25) is 28.5 Å². The minimum atomic E-state index is -0.920. The lowest BCUT2D eigenvalue weighted by molar-refractivity contribution is -0.143. The number of nitrogens with zero attached hydrogens (tertiary/aromatic N) is 4. The highest BCUT2D eigenvalue weighted by atomic mass is 32.2. The van der Waals surface area contributed by atoms with Gasteiger partial charge < -0.3 is 15.0 Å². The van der Waals surface area contributed by atoms with Gasteiger partial charge in [-0.2, -0.15) is 0 Å². The van der Waals surface area contributed by atoms with Crippen molar-refractivity contribution < 1.29 is 19.1 Å². The van der Waals surface area contributed by atoms with Gasteiger partial charge in [-0.05, 0) is 31.1 Å². The quantitative estimate of drug-likeness (QED) is 0.347. The average Bonchev–Trinajstić information content (AvgIpc) is 3.10. The van der Waals surface area contributed by atoms with E-state index < -0.39 is 17.6 Å². The fraction of sp³-hybridized carbons (Fsp3) is 0.391. The van der Waals surface area contributed by atoms with Gasteiger partial charge in [-0.15, -0.1) is 0 Å². The summed E-state index contributed by atoms with van der Waals surface area (Å²) in [6.07, 6.45) is 3.63. The Kier molecular flexibility index (Phi) is 7.22. The topological polar surface area (TPSA) is 113 Å². The average molecular weight is 516 g/mol. The molecule has 12 heteroatoms. The second-order valence-electron chi connectivity index (χ2n) is 8.15. The molecule has 0 saturated carbocycles. The van der Waals surface area contributed by atoms with E-state index in [1.54, 1.807) is 17.2 Å². The summed E-state index contributed by atoms with van der Waals surface area (Å²) in [4.78, 5) is 59.7. The van der Waals surface area contributed by atoms with Crippen molar-refractivity contribution in [1.29, 1.82) is 0 Å². The molecule has 1 atom stereocenters. The van der Waals surface area contributed by atoms with E-state index in [9.17, 15) is 19.2 Å². The summed E-state index contributed by atoms with van der Waals surface area (Å²) in [6.45, 7) is 4.89. The highest BCUT2D eigenvalue weighted by molar-refractivity contribution is 8.26. The smallest absolute Gasteiger partial charge is 0.308 e. The molecule has 0 spiro atoms. The summed E-state index contributed by atoms with van der Waals surface area (Å²) in [5.74, 6) is -0.973. The molecule has 0 radical (unpaired) electrons. The molecule has 2 fully saturated rings. The number of amides is 2. The molecule has 184 valence electrons. The third kappa shape index (κ3) is 4.67. The fourth-order valence-corrected chi connectivity index (χ4v) is 5.40. The number of thiocarbonyl (C=S) groups is 1. The van der Waals surface area contributed by atoms with E-state index in [4.69, 9.17) is 21.9 Å². The van der Waals surface area contributed by atoms with Crippen LogP contribution in [0.1, 0.15) is 30.9 Å². The summed E-state index contributed by atoms with van der Waals surface area (Å²) < 4.78 is 6.63. The Hall–Kier alpha value is -3.25. The highest BCUT2D eigenvalue weighted by Gasteiger charge is 2.36. The molecule has 2 aromatic rings. The van der Waals surface area contributed by atoms with Crippen LogP contribution in [0, 0.1) is 6.92 Å². The van der Waals surface area contributed by atoms with Gasteiger partial charge in [0.05, 0.1) is 24.0 Å². The largest absolute Gasteiger partial charge is 0.469 e. The van der Waals surface area contributed by atoms with Gasteiger partial charge in [0, 0.05) is 25.8 Å². The molecule has 0 unspecified atom stereocenters. The number of carbonyl (C=O) groups is 3. The summed E-state index contributed by atoms with van der Waals surface area (Å²) in [5.41, 5.74) is 0.940.